The summed E-state index contributed by atoms with van der Waals surface area (Å²) in [4.78, 5) is 27.4. The van der Waals surface area contributed by atoms with Crippen LogP contribution in [0.25, 0.3) is 0 Å². The first-order valence-electron chi connectivity index (χ1n) is 10.5. The minimum atomic E-state index is -0.124. The average Bonchev–Trinajstić information content (AvgIpc) is 2.86. The Kier molecular flexibility index (Phi) is 7.81. The lowest BCUT2D eigenvalue weighted by molar-refractivity contribution is -0.126. The summed E-state index contributed by atoms with van der Waals surface area (Å²) in [6.45, 7) is 1.49. The van der Waals surface area contributed by atoms with Crippen LogP contribution in [-0.2, 0) is 11.3 Å². The largest absolute Gasteiger partial charge is 0.497 e. The molecule has 1 aliphatic heterocycles. The summed E-state index contributed by atoms with van der Waals surface area (Å²) >= 11 is 0. The summed E-state index contributed by atoms with van der Waals surface area (Å²) in [5, 5.41) is 2.99. The number of likely N-dealkylation sites (tertiary alicyclic amines) is 1. The molecule has 0 spiro atoms. The Morgan fingerprint density at radius 1 is 0.906 bits per heavy atom. The number of amides is 2. The molecule has 0 aliphatic carbocycles. The van der Waals surface area contributed by atoms with Gasteiger partial charge in [0.05, 0.1) is 28.4 Å². The molecule has 8 heteroatoms. The Balaban J connectivity index is 1.56. The van der Waals surface area contributed by atoms with Gasteiger partial charge in [0.1, 0.15) is 5.75 Å². The molecular formula is C24H30N2O6. The van der Waals surface area contributed by atoms with Gasteiger partial charge in [-0.05, 0) is 42.7 Å². The van der Waals surface area contributed by atoms with Crippen molar-refractivity contribution in [2.75, 3.05) is 41.5 Å². The van der Waals surface area contributed by atoms with E-state index in [1.807, 2.05) is 24.3 Å². The molecule has 2 aromatic rings. The van der Waals surface area contributed by atoms with E-state index in [1.165, 1.54) is 21.3 Å². The van der Waals surface area contributed by atoms with Crippen LogP contribution in [0.2, 0.25) is 0 Å². The minimum absolute atomic E-state index is 0.0145. The highest BCUT2D eigenvalue weighted by molar-refractivity contribution is 5.96. The van der Waals surface area contributed by atoms with Crippen LogP contribution in [-0.4, -0.2) is 58.2 Å². The Bertz CT molecular complexity index is 911. The van der Waals surface area contributed by atoms with E-state index < -0.39 is 0 Å². The van der Waals surface area contributed by atoms with Crippen molar-refractivity contribution in [3.8, 4) is 23.0 Å². The van der Waals surface area contributed by atoms with Gasteiger partial charge in [0.2, 0.25) is 11.7 Å². The molecule has 1 fully saturated rings. The van der Waals surface area contributed by atoms with Gasteiger partial charge in [-0.25, -0.2) is 0 Å². The predicted octanol–water partition coefficient (Wildman–Crippen LogP) is 2.89. The maximum absolute atomic E-state index is 13.0. The summed E-state index contributed by atoms with van der Waals surface area (Å²) in [6.07, 6.45) is 1.23. The Hall–Kier alpha value is -3.42. The highest BCUT2D eigenvalue weighted by atomic mass is 16.5. The third-order valence-electron chi connectivity index (χ3n) is 5.69. The smallest absolute Gasteiger partial charge is 0.254 e. The lowest BCUT2D eigenvalue weighted by atomic mass is 9.95. The summed E-state index contributed by atoms with van der Waals surface area (Å²) < 4.78 is 21.2. The fourth-order valence-corrected chi connectivity index (χ4v) is 3.81. The standard InChI is InChI=1S/C24H30N2O6/c1-29-19-7-5-16(6-8-19)15-25-23(27)17-9-11-26(12-10-17)24(28)18-13-20(30-2)22(32-4)21(14-18)31-3/h5-8,13-14,17H,9-12,15H2,1-4H3,(H,25,27). The zero-order valence-corrected chi connectivity index (χ0v) is 19.0. The lowest BCUT2D eigenvalue weighted by Gasteiger charge is -2.31. The van der Waals surface area contributed by atoms with Crippen LogP contribution in [0.3, 0.4) is 0 Å². The van der Waals surface area contributed by atoms with Crippen molar-refractivity contribution >= 4 is 11.8 Å². The van der Waals surface area contributed by atoms with Crippen molar-refractivity contribution in [3.63, 3.8) is 0 Å². The van der Waals surface area contributed by atoms with E-state index in [0.29, 0.717) is 55.3 Å². The molecule has 0 bridgehead atoms. The molecule has 172 valence electrons. The van der Waals surface area contributed by atoms with Crippen molar-refractivity contribution in [2.45, 2.75) is 19.4 Å². The minimum Gasteiger partial charge on any atom is -0.497 e. The highest BCUT2D eigenvalue weighted by Gasteiger charge is 2.29. The molecule has 2 aromatic carbocycles. The number of carbonyl (C=O) groups is 2. The van der Waals surface area contributed by atoms with E-state index in [2.05, 4.69) is 5.32 Å². The van der Waals surface area contributed by atoms with Gasteiger partial charge < -0.3 is 29.2 Å². The van der Waals surface area contributed by atoms with Crippen LogP contribution < -0.4 is 24.3 Å². The third kappa shape index (κ3) is 5.25. The summed E-state index contributed by atoms with van der Waals surface area (Å²) in [6, 6.07) is 10.9. The molecule has 2 amide bonds. The molecular weight excluding hydrogens is 412 g/mol. The molecule has 1 N–H and O–H groups in total. The molecule has 0 unspecified atom stereocenters. The van der Waals surface area contributed by atoms with Gasteiger partial charge in [-0.3, -0.25) is 9.59 Å². The van der Waals surface area contributed by atoms with Crippen LogP contribution in [0.1, 0.15) is 28.8 Å². The lowest BCUT2D eigenvalue weighted by Crippen LogP contribution is -2.42. The number of methoxy groups -OCH3 is 4. The van der Waals surface area contributed by atoms with Crippen molar-refractivity contribution < 1.29 is 28.5 Å². The first kappa shape index (κ1) is 23.2. The zero-order valence-electron chi connectivity index (χ0n) is 19.0. The van der Waals surface area contributed by atoms with E-state index in [-0.39, 0.29) is 17.7 Å². The monoisotopic (exact) mass is 442 g/mol. The Morgan fingerprint density at radius 3 is 2.00 bits per heavy atom. The van der Waals surface area contributed by atoms with Crippen molar-refractivity contribution in [1.29, 1.82) is 0 Å². The maximum atomic E-state index is 13.0. The van der Waals surface area contributed by atoms with E-state index in [1.54, 1.807) is 24.1 Å². The van der Waals surface area contributed by atoms with Crippen molar-refractivity contribution in [1.82, 2.24) is 10.2 Å². The number of piperidine rings is 1. The summed E-state index contributed by atoms with van der Waals surface area (Å²) in [5.41, 5.74) is 1.47. The highest BCUT2D eigenvalue weighted by Crippen LogP contribution is 2.38. The van der Waals surface area contributed by atoms with Crippen LogP contribution in [0.5, 0.6) is 23.0 Å². The maximum Gasteiger partial charge on any atom is 0.254 e. The molecule has 1 heterocycles. The van der Waals surface area contributed by atoms with E-state index in [4.69, 9.17) is 18.9 Å². The number of nitrogens with zero attached hydrogens (tertiary/aromatic N) is 1. The third-order valence-corrected chi connectivity index (χ3v) is 5.69. The number of hydrogen-bond acceptors (Lipinski definition) is 6. The second kappa shape index (κ2) is 10.7. The molecule has 32 heavy (non-hydrogen) atoms. The Labute approximate surface area is 188 Å². The van der Waals surface area contributed by atoms with Gasteiger partial charge in [0, 0.05) is 31.1 Å². The fourth-order valence-electron chi connectivity index (χ4n) is 3.81. The molecule has 0 radical (unpaired) electrons. The summed E-state index contributed by atoms with van der Waals surface area (Å²) in [7, 11) is 6.17. The van der Waals surface area contributed by atoms with Gasteiger partial charge in [-0.1, -0.05) is 12.1 Å². The Morgan fingerprint density at radius 2 is 1.50 bits per heavy atom. The average molecular weight is 443 g/mol. The number of nitrogens with one attached hydrogen (secondary N) is 1. The topological polar surface area (TPSA) is 86.3 Å². The molecule has 3 rings (SSSR count). The van der Waals surface area contributed by atoms with Crippen LogP contribution in [0.4, 0.5) is 0 Å². The molecule has 0 aromatic heterocycles. The first-order valence-corrected chi connectivity index (χ1v) is 10.5. The fraction of sp³-hybridized carbons (Fsp3) is 0.417. The van der Waals surface area contributed by atoms with E-state index in [0.717, 1.165) is 11.3 Å². The van der Waals surface area contributed by atoms with Gasteiger partial charge in [-0.15, -0.1) is 0 Å². The van der Waals surface area contributed by atoms with Crippen molar-refractivity contribution in [2.24, 2.45) is 5.92 Å². The molecule has 0 saturated carbocycles. The molecule has 8 nitrogen and oxygen atoms in total. The van der Waals surface area contributed by atoms with Gasteiger partial charge in [0.15, 0.2) is 11.5 Å². The number of ether oxygens (including phenoxy) is 4. The van der Waals surface area contributed by atoms with Crippen LogP contribution in [0, 0.1) is 5.92 Å². The van der Waals surface area contributed by atoms with Gasteiger partial charge >= 0.3 is 0 Å². The number of carbonyl (C=O) groups excluding carboxylic acids is 2. The first-order chi connectivity index (χ1) is 15.5. The molecule has 0 atom stereocenters. The van der Waals surface area contributed by atoms with Gasteiger partial charge in [0.25, 0.3) is 5.91 Å². The van der Waals surface area contributed by atoms with Crippen LogP contribution in [0.15, 0.2) is 36.4 Å². The van der Waals surface area contributed by atoms with Crippen LogP contribution >= 0.6 is 0 Å². The zero-order chi connectivity index (χ0) is 23.1. The SMILES string of the molecule is COc1ccc(CNC(=O)C2CCN(C(=O)c3cc(OC)c(OC)c(OC)c3)CC2)cc1. The normalized spacial score (nSPS) is 13.9. The number of benzene rings is 2. The van der Waals surface area contributed by atoms with E-state index in [9.17, 15) is 9.59 Å². The summed E-state index contributed by atoms with van der Waals surface area (Å²) in [5.74, 6) is 1.87. The molecule has 1 saturated heterocycles. The molecule has 1 aliphatic rings. The van der Waals surface area contributed by atoms with E-state index >= 15 is 0 Å². The van der Waals surface area contributed by atoms with Gasteiger partial charge in [-0.2, -0.15) is 0 Å². The predicted molar refractivity (Wildman–Crippen MR) is 120 cm³/mol. The quantitative estimate of drug-likeness (QED) is 0.677. The number of rotatable bonds is 8. The van der Waals surface area contributed by atoms with Crippen molar-refractivity contribution in [3.05, 3.63) is 47.5 Å². The number of hydrogen-bond donors (Lipinski definition) is 1. The second-order valence-corrected chi connectivity index (χ2v) is 7.55. The second-order valence-electron chi connectivity index (χ2n) is 7.55.